The molecule has 1 saturated heterocycles. The molecule has 2 aromatic carbocycles. The Kier molecular flexibility index (Phi) is 7.63. The fourth-order valence-electron chi connectivity index (χ4n) is 5.66. The molecule has 2 aliphatic rings. The summed E-state index contributed by atoms with van der Waals surface area (Å²) in [5.41, 5.74) is 3.51. The van der Waals surface area contributed by atoms with E-state index in [1.54, 1.807) is 36.7 Å². The summed E-state index contributed by atoms with van der Waals surface area (Å²) < 4.78 is 38.0. The predicted octanol–water partition coefficient (Wildman–Crippen LogP) is 5.06. The zero-order chi connectivity index (χ0) is 31.2. The molecule has 0 bridgehead atoms. The van der Waals surface area contributed by atoms with Crippen molar-refractivity contribution in [3.63, 3.8) is 0 Å². The number of benzene rings is 2. The number of halogens is 1. The summed E-state index contributed by atoms with van der Waals surface area (Å²) in [6.45, 7) is 3.96. The summed E-state index contributed by atoms with van der Waals surface area (Å²) in [4.78, 5) is 19.8. The SMILES string of the molecule is CC1(COc2c(N3CCN(S(=O)(=O)Cc4ccc(-n5ccc6cnccc65)cc4)CC3)cnn(-c3cccc(Cl)c3)c2=O)CC1. The van der Waals surface area contributed by atoms with E-state index in [2.05, 4.69) is 21.6 Å². The molecule has 0 unspecified atom stereocenters. The Bertz CT molecular complexity index is 2030. The monoisotopic (exact) mass is 644 g/mol. The van der Waals surface area contributed by atoms with Crippen LogP contribution in [0.4, 0.5) is 5.69 Å². The first-order chi connectivity index (χ1) is 21.7. The molecule has 1 aliphatic carbocycles. The number of hydrogen-bond donors (Lipinski definition) is 0. The zero-order valence-electron chi connectivity index (χ0n) is 24.8. The number of ether oxygens (including phenoxy) is 1. The highest BCUT2D eigenvalue weighted by molar-refractivity contribution is 7.88. The van der Waals surface area contributed by atoms with Crippen LogP contribution in [0.3, 0.4) is 0 Å². The summed E-state index contributed by atoms with van der Waals surface area (Å²) in [6.07, 6.45) is 9.29. The van der Waals surface area contributed by atoms with E-state index in [9.17, 15) is 13.2 Å². The van der Waals surface area contributed by atoms with Crippen molar-refractivity contribution in [3.05, 3.63) is 106 Å². The van der Waals surface area contributed by atoms with Crippen LogP contribution in [-0.2, 0) is 15.8 Å². The van der Waals surface area contributed by atoms with Gasteiger partial charge < -0.3 is 14.2 Å². The summed E-state index contributed by atoms with van der Waals surface area (Å²) in [7, 11) is -3.56. The molecule has 0 spiro atoms. The molecule has 0 amide bonds. The standard InChI is InChI=1S/C33H33ClN6O4S/c1-33(11-12-33)23-44-31-30(21-36-40(32(31)41)28-4-2-3-26(34)19-28)37-15-17-38(18-16-37)45(42,43)22-24-5-7-27(8-6-24)39-14-10-25-20-35-13-9-29(25)39/h2-10,13-14,19-21H,11-12,15-18,22-23H2,1H3. The number of nitrogens with zero attached hydrogens (tertiary/aromatic N) is 6. The molecular weight excluding hydrogens is 612 g/mol. The van der Waals surface area contributed by atoms with Crippen molar-refractivity contribution in [1.29, 1.82) is 0 Å². The highest BCUT2D eigenvalue weighted by Gasteiger charge is 2.39. The van der Waals surface area contributed by atoms with Crippen LogP contribution in [0.5, 0.6) is 5.75 Å². The number of anilines is 1. The molecule has 0 N–H and O–H groups in total. The Labute approximate surface area is 266 Å². The minimum absolute atomic E-state index is 0.0615. The summed E-state index contributed by atoms with van der Waals surface area (Å²) in [6, 6.07) is 18.5. The second-order valence-corrected chi connectivity index (χ2v) is 14.5. The average Bonchev–Trinajstić information content (AvgIpc) is 3.62. The van der Waals surface area contributed by atoms with E-state index in [1.807, 2.05) is 53.7 Å². The first-order valence-electron chi connectivity index (χ1n) is 14.9. The fourth-order valence-corrected chi connectivity index (χ4v) is 7.36. The highest BCUT2D eigenvalue weighted by Crippen LogP contribution is 2.45. The van der Waals surface area contributed by atoms with Gasteiger partial charge in [0.1, 0.15) is 5.69 Å². The maximum absolute atomic E-state index is 13.7. The highest BCUT2D eigenvalue weighted by atomic mass is 35.5. The van der Waals surface area contributed by atoms with Crippen molar-refractivity contribution >= 4 is 38.2 Å². The molecule has 7 rings (SSSR count). The van der Waals surface area contributed by atoms with E-state index in [-0.39, 0.29) is 22.5 Å². The number of pyridine rings is 1. The third-order valence-corrected chi connectivity index (χ3v) is 10.7. The molecule has 0 atom stereocenters. The van der Waals surface area contributed by atoms with Crippen LogP contribution in [-0.4, -0.2) is 64.8 Å². The average molecular weight is 645 g/mol. The van der Waals surface area contributed by atoms with Gasteiger partial charge in [-0.3, -0.25) is 9.78 Å². The molecule has 12 heteroatoms. The molecule has 1 saturated carbocycles. The molecule has 3 aromatic heterocycles. The van der Waals surface area contributed by atoms with E-state index >= 15 is 0 Å². The zero-order valence-corrected chi connectivity index (χ0v) is 26.4. The van der Waals surface area contributed by atoms with Crippen LogP contribution >= 0.6 is 11.6 Å². The molecular formula is C33H33ClN6O4S. The second kappa shape index (κ2) is 11.6. The second-order valence-electron chi connectivity index (χ2n) is 12.1. The first-order valence-corrected chi connectivity index (χ1v) is 16.9. The van der Waals surface area contributed by atoms with Gasteiger partial charge >= 0.3 is 5.56 Å². The van der Waals surface area contributed by atoms with Gasteiger partial charge in [0.25, 0.3) is 0 Å². The Balaban J connectivity index is 1.06. The number of aromatic nitrogens is 4. The molecule has 2 fully saturated rings. The van der Waals surface area contributed by atoms with Gasteiger partial charge in [-0.1, -0.05) is 36.7 Å². The van der Waals surface area contributed by atoms with Crippen molar-refractivity contribution in [2.45, 2.75) is 25.5 Å². The predicted molar refractivity (Wildman–Crippen MR) is 175 cm³/mol. The van der Waals surface area contributed by atoms with Crippen molar-refractivity contribution in [2.75, 3.05) is 37.7 Å². The quantitative estimate of drug-likeness (QED) is 0.221. The third-order valence-electron chi connectivity index (χ3n) is 8.66. The van der Waals surface area contributed by atoms with Crippen LogP contribution in [0, 0.1) is 5.41 Å². The normalized spacial score (nSPS) is 16.6. The van der Waals surface area contributed by atoms with E-state index in [4.69, 9.17) is 16.3 Å². The molecule has 5 aromatic rings. The van der Waals surface area contributed by atoms with Crippen molar-refractivity contribution in [3.8, 4) is 17.1 Å². The lowest BCUT2D eigenvalue weighted by atomic mass is 10.2. The van der Waals surface area contributed by atoms with E-state index in [0.717, 1.165) is 35.0 Å². The maximum atomic E-state index is 13.7. The van der Waals surface area contributed by atoms with Crippen molar-refractivity contribution in [2.24, 2.45) is 5.41 Å². The van der Waals surface area contributed by atoms with E-state index in [1.165, 1.54) is 8.99 Å². The number of hydrogen-bond acceptors (Lipinski definition) is 7. The Morgan fingerprint density at radius 3 is 2.47 bits per heavy atom. The van der Waals surface area contributed by atoms with Crippen LogP contribution in [0.15, 0.2) is 90.2 Å². The van der Waals surface area contributed by atoms with Crippen molar-refractivity contribution in [1.82, 2.24) is 23.6 Å². The van der Waals surface area contributed by atoms with Gasteiger partial charge in [0.15, 0.2) is 0 Å². The van der Waals surface area contributed by atoms with E-state index < -0.39 is 10.0 Å². The molecule has 0 radical (unpaired) electrons. The summed E-state index contributed by atoms with van der Waals surface area (Å²) in [5.74, 6) is 0.134. The van der Waals surface area contributed by atoms with Gasteiger partial charge in [-0.2, -0.15) is 14.1 Å². The lowest BCUT2D eigenvalue weighted by molar-refractivity contribution is 0.242. The third kappa shape index (κ3) is 6.07. The van der Waals surface area contributed by atoms with Crippen molar-refractivity contribution < 1.29 is 13.2 Å². The number of sulfonamides is 1. The largest absolute Gasteiger partial charge is 0.486 e. The molecule has 4 heterocycles. The van der Waals surface area contributed by atoms with Gasteiger partial charge in [-0.25, -0.2) is 8.42 Å². The first kappa shape index (κ1) is 29.5. The Morgan fingerprint density at radius 1 is 0.956 bits per heavy atom. The number of piperazine rings is 1. The van der Waals surface area contributed by atoms with Gasteiger partial charge in [0.2, 0.25) is 15.8 Å². The van der Waals surface area contributed by atoms with Crippen LogP contribution in [0.2, 0.25) is 5.02 Å². The molecule has 10 nitrogen and oxygen atoms in total. The molecule has 1 aliphatic heterocycles. The lowest BCUT2D eigenvalue weighted by Gasteiger charge is -2.35. The Morgan fingerprint density at radius 2 is 1.73 bits per heavy atom. The number of rotatable bonds is 9. The smallest absolute Gasteiger partial charge is 0.316 e. The fraction of sp³-hybridized carbons (Fsp3) is 0.303. The summed E-state index contributed by atoms with van der Waals surface area (Å²) in [5, 5.41) is 5.98. The van der Waals surface area contributed by atoms with Crippen LogP contribution in [0.25, 0.3) is 22.3 Å². The summed E-state index contributed by atoms with van der Waals surface area (Å²) >= 11 is 6.18. The van der Waals surface area contributed by atoms with Gasteiger partial charge in [-0.15, -0.1) is 0 Å². The topological polar surface area (TPSA) is 103 Å². The van der Waals surface area contributed by atoms with Gasteiger partial charge in [0.05, 0.1) is 29.8 Å². The van der Waals surface area contributed by atoms with Gasteiger partial charge in [0, 0.05) is 66.3 Å². The Hall–Kier alpha value is -4.19. The van der Waals surface area contributed by atoms with Gasteiger partial charge in [-0.05, 0) is 60.9 Å². The van der Waals surface area contributed by atoms with Crippen LogP contribution < -0.4 is 15.2 Å². The van der Waals surface area contributed by atoms with E-state index in [0.29, 0.717) is 49.2 Å². The maximum Gasteiger partial charge on any atom is 0.316 e. The molecule has 232 valence electrons. The minimum Gasteiger partial charge on any atom is -0.486 e. The number of fused-ring (bicyclic) bond motifs is 1. The lowest BCUT2D eigenvalue weighted by Crippen LogP contribution is -2.49. The minimum atomic E-state index is -3.56. The molecule has 45 heavy (non-hydrogen) atoms. The van der Waals surface area contributed by atoms with Crippen LogP contribution in [0.1, 0.15) is 25.3 Å².